The molecule has 1 rings (SSSR count). The van der Waals surface area contributed by atoms with Crippen molar-refractivity contribution in [3.8, 4) is 6.07 Å². The van der Waals surface area contributed by atoms with Gasteiger partial charge in [0.15, 0.2) is 17.4 Å². The number of ether oxygens (including phenoxy) is 1. The summed E-state index contributed by atoms with van der Waals surface area (Å²) in [5.74, 6) is -5.93. The maximum atomic E-state index is 12.9. The minimum Gasteiger partial charge on any atom is -0.465 e. The van der Waals surface area contributed by atoms with Gasteiger partial charge in [-0.3, -0.25) is 9.59 Å². The van der Waals surface area contributed by atoms with Gasteiger partial charge in [0.05, 0.1) is 12.7 Å². The Labute approximate surface area is 102 Å². The van der Waals surface area contributed by atoms with Crippen molar-refractivity contribution in [2.24, 2.45) is 5.92 Å². The molecule has 0 aliphatic rings. The highest BCUT2D eigenvalue weighted by Gasteiger charge is 2.29. The van der Waals surface area contributed by atoms with Crippen LogP contribution in [0.5, 0.6) is 0 Å². The van der Waals surface area contributed by atoms with Crippen molar-refractivity contribution in [2.45, 2.75) is 6.92 Å². The average molecular weight is 253 g/mol. The molecule has 0 fully saturated rings. The molecule has 94 valence electrons. The molecule has 18 heavy (non-hydrogen) atoms. The molecule has 0 bridgehead atoms. The van der Waals surface area contributed by atoms with Crippen LogP contribution in [0, 0.1) is 28.9 Å². The topological polar surface area (TPSA) is 67.2 Å². The van der Waals surface area contributed by atoms with Crippen LogP contribution in [0.15, 0.2) is 18.2 Å². The fourth-order valence-electron chi connectivity index (χ4n) is 1.26. The minimum absolute atomic E-state index is 0.0159. The Kier molecular flexibility index (Phi) is 4.49. The quantitative estimate of drug-likeness (QED) is 0.466. The third-order valence-corrected chi connectivity index (χ3v) is 2.12. The molecule has 6 heteroatoms. The Hall–Kier alpha value is -2.29. The fraction of sp³-hybridized carbons (Fsp3) is 0.250. The molecule has 0 heterocycles. The van der Waals surface area contributed by atoms with E-state index < -0.39 is 29.3 Å². The van der Waals surface area contributed by atoms with Gasteiger partial charge < -0.3 is 4.74 Å². The monoisotopic (exact) mass is 253 g/mol. The second-order valence-electron chi connectivity index (χ2n) is 3.31. The standard InChI is InChI=1S/C12H9F2NO3/c1-2-18-12(17)8(6-15)11(16)7-3-4-9(13)10(14)5-7/h3-5,8H,2H2,1H3. The lowest BCUT2D eigenvalue weighted by molar-refractivity contribution is -0.144. The molecule has 4 nitrogen and oxygen atoms in total. The second-order valence-corrected chi connectivity index (χ2v) is 3.31. The molecular weight excluding hydrogens is 244 g/mol. The first-order valence-corrected chi connectivity index (χ1v) is 5.06. The van der Waals surface area contributed by atoms with Crippen LogP contribution in [0.4, 0.5) is 8.78 Å². The molecule has 0 saturated carbocycles. The van der Waals surface area contributed by atoms with E-state index in [-0.39, 0.29) is 12.2 Å². The molecule has 0 aromatic heterocycles. The first-order chi connectivity index (χ1) is 8.51. The third-order valence-electron chi connectivity index (χ3n) is 2.12. The Morgan fingerprint density at radius 1 is 1.39 bits per heavy atom. The number of hydrogen-bond acceptors (Lipinski definition) is 4. The number of esters is 1. The smallest absolute Gasteiger partial charge is 0.331 e. The molecule has 1 atom stereocenters. The van der Waals surface area contributed by atoms with E-state index in [1.807, 2.05) is 0 Å². The Balaban J connectivity index is 3.01. The van der Waals surface area contributed by atoms with Crippen LogP contribution < -0.4 is 0 Å². The summed E-state index contributed by atoms with van der Waals surface area (Å²) >= 11 is 0. The van der Waals surface area contributed by atoms with Gasteiger partial charge in [0.25, 0.3) is 0 Å². The molecule has 1 aromatic carbocycles. The molecule has 0 saturated heterocycles. The van der Waals surface area contributed by atoms with Crippen LogP contribution in [0.1, 0.15) is 17.3 Å². The van der Waals surface area contributed by atoms with Crippen molar-refractivity contribution in [1.82, 2.24) is 0 Å². The van der Waals surface area contributed by atoms with Crippen LogP contribution in [0.3, 0.4) is 0 Å². The number of benzene rings is 1. The molecule has 0 amide bonds. The highest BCUT2D eigenvalue weighted by Crippen LogP contribution is 2.14. The van der Waals surface area contributed by atoms with Crippen molar-refractivity contribution in [3.63, 3.8) is 0 Å². The number of ketones is 1. The van der Waals surface area contributed by atoms with Crippen LogP contribution in [-0.2, 0) is 9.53 Å². The number of rotatable bonds is 4. The third kappa shape index (κ3) is 2.88. The summed E-state index contributed by atoms with van der Waals surface area (Å²) in [5, 5.41) is 8.74. The molecular formula is C12H9F2NO3. The van der Waals surface area contributed by atoms with Gasteiger partial charge in [0.2, 0.25) is 5.92 Å². The van der Waals surface area contributed by atoms with Crippen molar-refractivity contribution in [2.75, 3.05) is 6.61 Å². The number of hydrogen-bond donors (Lipinski definition) is 0. The van der Waals surface area contributed by atoms with Crippen LogP contribution >= 0.6 is 0 Å². The number of carbonyl (C=O) groups excluding carboxylic acids is 2. The van der Waals surface area contributed by atoms with Gasteiger partial charge in [-0.15, -0.1) is 0 Å². The lowest BCUT2D eigenvalue weighted by Crippen LogP contribution is -2.25. The zero-order valence-electron chi connectivity index (χ0n) is 9.44. The number of halogens is 2. The zero-order chi connectivity index (χ0) is 13.7. The average Bonchev–Trinajstić information content (AvgIpc) is 2.33. The maximum absolute atomic E-state index is 12.9. The van der Waals surface area contributed by atoms with Gasteiger partial charge in [-0.25, -0.2) is 8.78 Å². The Morgan fingerprint density at radius 3 is 2.56 bits per heavy atom. The van der Waals surface area contributed by atoms with Gasteiger partial charge in [0, 0.05) is 5.56 Å². The predicted molar refractivity (Wildman–Crippen MR) is 56.4 cm³/mol. The van der Waals surface area contributed by atoms with E-state index in [4.69, 9.17) is 5.26 Å². The summed E-state index contributed by atoms with van der Waals surface area (Å²) in [6.45, 7) is 1.54. The summed E-state index contributed by atoms with van der Waals surface area (Å²) in [7, 11) is 0. The molecule has 0 aliphatic carbocycles. The SMILES string of the molecule is CCOC(=O)C(C#N)C(=O)c1ccc(F)c(F)c1. The van der Waals surface area contributed by atoms with E-state index in [1.54, 1.807) is 0 Å². The highest BCUT2D eigenvalue weighted by atomic mass is 19.2. The van der Waals surface area contributed by atoms with Gasteiger partial charge >= 0.3 is 5.97 Å². The lowest BCUT2D eigenvalue weighted by Gasteiger charge is -2.07. The summed E-state index contributed by atoms with van der Waals surface area (Å²) in [6, 6.07) is 3.88. The van der Waals surface area contributed by atoms with Crippen molar-refractivity contribution in [3.05, 3.63) is 35.4 Å². The summed E-state index contributed by atoms with van der Waals surface area (Å²) in [4.78, 5) is 23.1. The van der Waals surface area contributed by atoms with E-state index >= 15 is 0 Å². The first-order valence-electron chi connectivity index (χ1n) is 5.06. The number of Topliss-reactive ketones (excluding diaryl/α,β-unsaturated/α-hetero) is 1. The largest absolute Gasteiger partial charge is 0.465 e. The van der Waals surface area contributed by atoms with Crippen molar-refractivity contribution < 1.29 is 23.1 Å². The number of nitriles is 1. The van der Waals surface area contributed by atoms with E-state index in [1.165, 1.54) is 13.0 Å². The van der Waals surface area contributed by atoms with E-state index in [2.05, 4.69) is 4.74 Å². The normalized spacial score (nSPS) is 11.4. The Morgan fingerprint density at radius 2 is 2.06 bits per heavy atom. The van der Waals surface area contributed by atoms with Crippen molar-refractivity contribution in [1.29, 1.82) is 5.26 Å². The van der Waals surface area contributed by atoms with Crippen molar-refractivity contribution >= 4 is 11.8 Å². The Bertz CT molecular complexity index is 523. The minimum atomic E-state index is -1.67. The van der Waals surface area contributed by atoms with Crippen LogP contribution in [0.2, 0.25) is 0 Å². The number of nitrogens with zero attached hydrogens (tertiary/aromatic N) is 1. The zero-order valence-corrected chi connectivity index (χ0v) is 9.44. The van der Waals surface area contributed by atoms with Crippen LogP contribution in [-0.4, -0.2) is 18.4 Å². The summed E-state index contributed by atoms with van der Waals surface area (Å²) < 4.78 is 30.2. The molecule has 1 aromatic rings. The summed E-state index contributed by atoms with van der Waals surface area (Å²) in [6.07, 6.45) is 0. The van der Waals surface area contributed by atoms with Gasteiger partial charge in [-0.1, -0.05) is 0 Å². The van der Waals surface area contributed by atoms with E-state index in [0.717, 1.165) is 12.1 Å². The molecule has 0 spiro atoms. The fourth-order valence-corrected chi connectivity index (χ4v) is 1.26. The van der Waals surface area contributed by atoms with E-state index in [0.29, 0.717) is 6.07 Å². The molecule has 0 radical (unpaired) electrons. The predicted octanol–water partition coefficient (Wildman–Crippen LogP) is 1.85. The lowest BCUT2D eigenvalue weighted by atomic mass is 9.99. The highest BCUT2D eigenvalue weighted by molar-refractivity contribution is 6.10. The molecule has 0 N–H and O–H groups in total. The molecule has 0 aliphatic heterocycles. The van der Waals surface area contributed by atoms with Gasteiger partial charge in [-0.2, -0.15) is 5.26 Å². The summed E-state index contributed by atoms with van der Waals surface area (Å²) in [5.41, 5.74) is -0.256. The maximum Gasteiger partial charge on any atom is 0.331 e. The van der Waals surface area contributed by atoms with Crippen LogP contribution in [0.25, 0.3) is 0 Å². The van der Waals surface area contributed by atoms with Gasteiger partial charge in [0.1, 0.15) is 0 Å². The van der Waals surface area contributed by atoms with E-state index in [9.17, 15) is 18.4 Å². The second kappa shape index (κ2) is 5.87. The number of carbonyl (C=O) groups is 2. The van der Waals surface area contributed by atoms with Gasteiger partial charge in [-0.05, 0) is 25.1 Å². The first kappa shape index (κ1) is 13.8. The molecule has 1 unspecified atom stereocenters.